The highest BCUT2D eigenvalue weighted by Crippen LogP contribution is 2.31. The van der Waals surface area contributed by atoms with E-state index < -0.39 is 29.4 Å². The third-order valence-electron chi connectivity index (χ3n) is 7.35. The van der Waals surface area contributed by atoms with Gasteiger partial charge in [0.05, 0.1) is 36.2 Å². The lowest BCUT2D eigenvalue weighted by molar-refractivity contribution is 0.0166. The molecule has 3 heterocycles. The SMILES string of the molecule is CN(C(=O)OC(C)(C)C)c1cc(Nc2cc(CO[C@@H]3CCC[C@H]3NC(=O)OC(C)(C)C)cc3c2nnn3C)nc2c(C(=O)O)cnn12. The molecule has 3 aromatic heterocycles. The van der Waals surface area contributed by atoms with Gasteiger partial charge in [0.15, 0.2) is 5.65 Å². The van der Waals surface area contributed by atoms with Crippen LogP contribution in [0, 0.1) is 0 Å². The number of carbonyl (C=O) groups is 3. The Hall–Kier alpha value is -4.99. The highest BCUT2D eigenvalue weighted by atomic mass is 16.6. The first-order valence-corrected chi connectivity index (χ1v) is 15.3. The normalized spacial score (nSPS) is 16.8. The number of aromatic carboxylic acids is 1. The molecule has 252 valence electrons. The summed E-state index contributed by atoms with van der Waals surface area (Å²) in [4.78, 5) is 43.2. The van der Waals surface area contributed by atoms with E-state index in [1.54, 1.807) is 38.6 Å². The summed E-state index contributed by atoms with van der Waals surface area (Å²) in [6, 6.07) is 5.15. The van der Waals surface area contributed by atoms with Crippen molar-refractivity contribution in [2.75, 3.05) is 17.3 Å². The number of alkyl carbamates (subject to hydrolysis) is 1. The Bertz CT molecular complexity index is 1820. The van der Waals surface area contributed by atoms with Gasteiger partial charge in [-0.3, -0.25) is 4.90 Å². The second-order valence-corrected chi connectivity index (χ2v) is 13.5. The van der Waals surface area contributed by atoms with Crippen molar-refractivity contribution < 1.29 is 33.7 Å². The fourth-order valence-corrected chi connectivity index (χ4v) is 5.28. The number of aromatic nitrogens is 6. The number of hydrogen-bond acceptors (Lipinski definition) is 11. The van der Waals surface area contributed by atoms with Crippen LogP contribution in [-0.4, -0.2) is 83.2 Å². The fraction of sp³-hybridized carbons (Fsp3) is 0.516. The minimum atomic E-state index is -1.22. The van der Waals surface area contributed by atoms with Crippen LogP contribution < -0.4 is 15.5 Å². The summed E-state index contributed by atoms with van der Waals surface area (Å²) in [7, 11) is 3.27. The van der Waals surface area contributed by atoms with Gasteiger partial charge in [-0.2, -0.15) is 9.61 Å². The van der Waals surface area contributed by atoms with Gasteiger partial charge < -0.3 is 30.0 Å². The van der Waals surface area contributed by atoms with Crippen LogP contribution in [0.2, 0.25) is 0 Å². The van der Waals surface area contributed by atoms with Crippen molar-refractivity contribution in [1.82, 2.24) is 34.9 Å². The average Bonchev–Trinajstić information content (AvgIpc) is 3.68. The van der Waals surface area contributed by atoms with E-state index in [-0.39, 0.29) is 41.6 Å². The Kier molecular flexibility index (Phi) is 8.99. The molecule has 0 bridgehead atoms. The number of nitrogens with one attached hydrogen (secondary N) is 2. The van der Waals surface area contributed by atoms with Crippen molar-refractivity contribution >= 4 is 52.2 Å². The van der Waals surface area contributed by atoms with Crippen molar-refractivity contribution in [1.29, 1.82) is 0 Å². The van der Waals surface area contributed by atoms with E-state index in [4.69, 9.17) is 14.2 Å². The van der Waals surface area contributed by atoms with Crippen LogP contribution in [0.3, 0.4) is 0 Å². The maximum Gasteiger partial charge on any atom is 0.415 e. The molecule has 0 unspecified atom stereocenters. The summed E-state index contributed by atoms with van der Waals surface area (Å²) in [5.41, 5.74) is 1.09. The quantitative estimate of drug-likeness (QED) is 0.237. The zero-order valence-corrected chi connectivity index (χ0v) is 27.8. The number of nitrogens with zero attached hydrogens (tertiary/aromatic N) is 7. The van der Waals surface area contributed by atoms with Crippen molar-refractivity contribution in [3.05, 3.63) is 35.5 Å². The molecule has 16 heteroatoms. The van der Waals surface area contributed by atoms with E-state index in [1.165, 1.54) is 22.7 Å². The monoisotopic (exact) mass is 651 g/mol. The van der Waals surface area contributed by atoms with Crippen LogP contribution in [0.5, 0.6) is 0 Å². The maximum atomic E-state index is 13.0. The van der Waals surface area contributed by atoms with Crippen molar-refractivity contribution in [2.24, 2.45) is 7.05 Å². The molecule has 0 radical (unpaired) electrons. The topological polar surface area (TPSA) is 187 Å². The molecule has 5 rings (SSSR count). The minimum absolute atomic E-state index is 0.0209. The van der Waals surface area contributed by atoms with E-state index in [0.717, 1.165) is 24.8 Å². The van der Waals surface area contributed by atoms with Crippen molar-refractivity contribution in [3.8, 4) is 0 Å². The van der Waals surface area contributed by atoms with Crippen molar-refractivity contribution in [3.63, 3.8) is 0 Å². The number of rotatable bonds is 8. The van der Waals surface area contributed by atoms with Crippen LogP contribution in [0.25, 0.3) is 16.7 Å². The van der Waals surface area contributed by atoms with Gasteiger partial charge in [-0.05, 0) is 78.5 Å². The van der Waals surface area contributed by atoms with Gasteiger partial charge >= 0.3 is 18.2 Å². The fourth-order valence-electron chi connectivity index (χ4n) is 5.28. The Morgan fingerprint density at radius 2 is 1.79 bits per heavy atom. The molecule has 1 aromatic carbocycles. The molecular weight excluding hydrogens is 610 g/mol. The highest BCUT2D eigenvalue weighted by molar-refractivity contribution is 5.96. The molecule has 4 aromatic rings. The molecule has 2 amide bonds. The van der Waals surface area contributed by atoms with E-state index in [1.807, 2.05) is 32.9 Å². The summed E-state index contributed by atoms with van der Waals surface area (Å²) >= 11 is 0. The first kappa shape index (κ1) is 33.4. The molecule has 3 N–H and O–H groups in total. The predicted octanol–water partition coefficient (Wildman–Crippen LogP) is 4.79. The van der Waals surface area contributed by atoms with E-state index >= 15 is 0 Å². The number of amides is 2. The third-order valence-corrected chi connectivity index (χ3v) is 7.35. The Labute approximate surface area is 271 Å². The number of fused-ring (bicyclic) bond motifs is 2. The van der Waals surface area contributed by atoms with E-state index in [0.29, 0.717) is 16.7 Å². The molecule has 1 fully saturated rings. The van der Waals surface area contributed by atoms with Gasteiger partial charge in [-0.1, -0.05) is 5.21 Å². The molecule has 47 heavy (non-hydrogen) atoms. The zero-order valence-electron chi connectivity index (χ0n) is 27.8. The van der Waals surface area contributed by atoms with E-state index in [2.05, 4.69) is 31.0 Å². The summed E-state index contributed by atoms with van der Waals surface area (Å²) in [6.07, 6.45) is 2.31. The number of aryl methyl sites for hydroxylation is 1. The molecule has 1 saturated carbocycles. The summed E-state index contributed by atoms with van der Waals surface area (Å²) in [6.45, 7) is 10.9. The zero-order chi connectivity index (χ0) is 34.3. The lowest BCUT2D eigenvalue weighted by Gasteiger charge is -2.25. The number of benzene rings is 1. The van der Waals surface area contributed by atoms with Crippen LogP contribution in [-0.2, 0) is 27.9 Å². The number of carboxylic acids is 1. The van der Waals surface area contributed by atoms with Crippen LogP contribution in [0.4, 0.5) is 26.9 Å². The Morgan fingerprint density at radius 3 is 2.47 bits per heavy atom. The van der Waals surface area contributed by atoms with Gasteiger partial charge in [0.1, 0.15) is 33.9 Å². The number of carbonyl (C=O) groups excluding carboxylic acids is 2. The molecule has 0 aliphatic heterocycles. The molecule has 2 atom stereocenters. The minimum Gasteiger partial charge on any atom is -0.477 e. The largest absolute Gasteiger partial charge is 0.477 e. The Morgan fingerprint density at radius 1 is 1.06 bits per heavy atom. The predicted molar refractivity (Wildman–Crippen MR) is 172 cm³/mol. The standard InChI is InChI=1S/C31H41N9O7/c1-30(2,3)46-28(43)34-19-10-9-11-22(19)45-16-17-12-20(25-21(13-17)39(8)37-36-25)33-23-14-24(38(7)29(44)47-31(4,5)6)40-26(35-23)18(15-32-40)27(41)42/h12-15,19,22H,9-11,16H2,1-8H3,(H,33,35)(H,34,43)(H,41,42)/t19-,22-/m1/s1. The average molecular weight is 652 g/mol. The maximum absolute atomic E-state index is 13.0. The Balaban J connectivity index is 1.44. The highest BCUT2D eigenvalue weighted by Gasteiger charge is 2.31. The third kappa shape index (κ3) is 7.70. The lowest BCUT2D eigenvalue weighted by atomic mass is 10.1. The number of hydrogen-bond donors (Lipinski definition) is 3. The second-order valence-electron chi connectivity index (χ2n) is 13.5. The van der Waals surface area contributed by atoms with Gasteiger partial charge in [-0.25, -0.2) is 24.0 Å². The number of anilines is 3. The number of carboxylic acid groups (broad SMARTS) is 1. The first-order valence-electron chi connectivity index (χ1n) is 15.3. The summed E-state index contributed by atoms with van der Waals surface area (Å²) < 4.78 is 20.2. The molecular formula is C31H41N9O7. The van der Waals surface area contributed by atoms with Gasteiger partial charge in [0.25, 0.3) is 0 Å². The summed E-state index contributed by atoms with van der Waals surface area (Å²) in [5, 5.41) is 28.7. The van der Waals surface area contributed by atoms with Crippen molar-refractivity contribution in [2.45, 2.75) is 90.8 Å². The van der Waals surface area contributed by atoms with E-state index in [9.17, 15) is 19.5 Å². The molecule has 0 saturated heterocycles. The van der Waals surface area contributed by atoms with Crippen LogP contribution >= 0.6 is 0 Å². The molecule has 1 aliphatic carbocycles. The number of ether oxygens (including phenoxy) is 3. The van der Waals surface area contributed by atoms with Gasteiger partial charge in [0, 0.05) is 20.2 Å². The molecule has 0 spiro atoms. The first-order chi connectivity index (χ1) is 22.0. The molecule has 1 aliphatic rings. The van der Waals surface area contributed by atoms with Crippen LogP contribution in [0.15, 0.2) is 24.4 Å². The smallest absolute Gasteiger partial charge is 0.415 e. The van der Waals surface area contributed by atoms with Crippen LogP contribution in [0.1, 0.15) is 76.7 Å². The lowest BCUT2D eigenvalue weighted by Crippen LogP contribution is -2.43. The summed E-state index contributed by atoms with van der Waals surface area (Å²) in [5.74, 6) is -0.774. The van der Waals surface area contributed by atoms with Gasteiger partial charge in [-0.15, -0.1) is 5.10 Å². The second kappa shape index (κ2) is 12.7. The van der Waals surface area contributed by atoms with Gasteiger partial charge in [0.2, 0.25) is 0 Å². The molecule has 16 nitrogen and oxygen atoms in total.